The lowest BCUT2D eigenvalue weighted by Gasteiger charge is -2.20. The van der Waals surface area contributed by atoms with Gasteiger partial charge in [-0.15, -0.1) is 0 Å². The molecule has 1 aromatic carbocycles. The molecule has 1 atom stereocenters. The first-order valence-electron chi connectivity index (χ1n) is 3.83. The van der Waals surface area contributed by atoms with Crippen molar-refractivity contribution >= 4 is 17.6 Å². The summed E-state index contributed by atoms with van der Waals surface area (Å²) in [6, 6.07) is 5.60. The van der Waals surface area contributed by atoms with Gasteiger partial charge in [-0.05, 0) is 17.7 Å². The van der Waals surface area contributed by atoms with Crippen molar-refractivity contribution in [2.45, 2.75) is 5.60 Å². The smallest absolute Gasteiger partial charge is 0.342 e. The van der Waals surface area contributed by atoms with Crippen molar-refractivity contribution in [2.75, 3.05) is 6.61 Å². The van der Waals surface area contributed by atoms with Crippen LogP contribution < -0.4 is 0 Å². The van der Waals surface area contributed by atoms with Crippen LogP contribution in [0.2, 0.25) is 5.02 Å². The van der Waals surface area contributed by atoms with Crippen LogP contribution in [0.1, 0.15) is 5.56 Å². The molecule has 0 saturated heterocycles. The molecular formula is C9H9ClO4. The number of halogens is 1. The molecule has 1 rings (SSSR count). The van der Waals surface area contributed by atoms with Crippen molar-refractivity contribution < 1.29 is 20.1 Å². The third-order valence-electron chi connectivity index (χ3n) is 1.90. The van der Waals surface area contributed by atoms with Crippen LogP contribution in [-0.2, 0) is 10.4 Å². The van der Waals surface area contributed by atoms with E-state index in [9.17, 15) is 9.90 Å². The van der Waals surface area contributed by atoms with Crippen LogP contribution in [-0.4, -0.2) is 27.9 Å². The summed E-state index contributed by atoms with van der Waals surface area (Å²) >= 11 is 5.59. The molecule has 0 heterocycles. The van der Waals surface area contributed by atoms with Crippen molar-refractivity contribution in [3.05, 3.63) is 34.9 Å². The van der Waals surface area contributed by atoms with Crippen LogP contribution in [0.4, 0.5) is 0 Å². The molecule has 0 aromatic heterocycles. The first-order chi connectivity index (χ1) is 6.50. The number of hydrogen-bond donors (Lipinski definition) is 3. The van der Waals surface area contributed by atoms with Crippen molar-refractivity contribution in [1.82, 2.24) is 0 Å². The van der Waals surface area contributed by atoms with E-state index in [1.54, 1.807) is 0 Å². The van der Waals surface area contributed by atoms with E-state index in [0.717, 1.165) is 0 Å². The fourth-order valence-corrected chi connectivity index (χ4v) is 1.13. The topological polar surface area (TPSA) is 77.8 Å². The molecule has 0 aliphatic carbocycles. The molecule has 5 heteroatoms. The Bertz CT molecular complexity index is 335. The number of benzene rings is 1. The van der Waals surface area contributed by atoms with Crippen molar-refractivity contribution in [3.63, 3.8) is 0 Å². The van der Waals surface area contributed by atoms with Crippen LogP contribution in [0, 0.1) is 0 Å². The van der Waals surface area contributed by atoms with Gasteiger partial charge in [0.25, 0.3) is 0 Å². The van der Waals surface area contributed by atoms with E-state index in [2.05, 4.69) is 0 Å². The number of hydrogen-bond acceptors (Lipinski definition) is 3. The van der Waals surface area contributed by atoms with Crippen LogP contribution in [0.15, 0.2) is 24.3 Å². The molecule has 0 fully saturated rings. The zero-order valence-electron chi connectivity index (χ0n) is 7.14. The molecule has 4 nitrogen and oxygen atoms in total. The second kappa shape index (κ2) is 3.96. The Labute approximate surface area is 85.4 Å². The van der Waals surface area contributed by atoms with Gasteiger partial charge in [-0.2, -0.15) is 0 Å². The molecule has 0 aliphatic heterocycles. The molecule has 0 radical (unpaired) electrons. The molecule has 76 valence electrons. The highest BCUT2D eigenvalue weighted by Gasteiger charge is 2.37. The zero-order chi connectivity index (χ0) is 10.8. The van der Waals surface area contributed by atoms with Crippen LogP contribution >= 0.6 is 11.6 Å². The Morgan fingerprint density at radius 1 is 1.36 bits per heavy atom. The van der Waals surface area contributed by atoms with E-state index in [4.69, 9.17) is 21.8 Å². The van der Waals surface area contributed by atoms with E-state index in [0.29, 0.717) is 5.02 Å². The van der Waals surface area contributed by atoms with E-state index < -0.39 is 18.2 Å². The molecule has 0 spiro atoms. The number of aliphatic carboxylic acids is 1. The van der Waals surface area contributed by atoms with E-state index in [1.807, 2.05) is 0 Å². The average molecular weight is 217 g/mol. The van der Waals surface area contributed by atoms with Gasteiger partial charge >= 0.3 is 5.97 Å². The Kier molecular flexibility index (Phi) is 3.10. The number of aliphatic hydroxyl groups is 2. The van der Waals surface area contributed by atoms with Crippen molar-refractivity contribution in [1.29, 1.82) is 0 Å². The SMILES string of the molecule is O=C(O)C(O)(CO)c1ccc(Cl)cc1. The molecule has 1 aromatic rings. The third-order valence-corrected chi connectivity index (χ3v) is 2.16. The summed E-state index contributed by atoms with van der Waals surface area (Å²) in [4.78, 5) is 10.7. The lowest BCUT2D eigenvalue weighted by Crippen LogP contribution is -2.39. The average Bonchev–Trinajstić information content (AvgIpc) is 2.17. The third kappa shape index (κ3) is 1.87. The molecule has 0 saturated carbocycles. The minimum atomic E-state index is -2.26. The van der Waals surface area contributed by atoms with Gasteiger partial charge in [0.15, 0.2) is 0 Å². The number of rotatable bonds is 3. The van der Waals surface area contributed by atoms with Crippen molar-refractivity contribution in [3.8, 4) is 0 Å². The molecule has 0 bridgehead atoms. The summed E-state index contributed by atoms with van der Waals surface area (Å²) in [5.74, 6) is -1.50. The molecule has 3 N–H and O–H groups in total. The predicted octanol–water partition coefficient (Wildman–Crippen LogP) is 0.605. The second-order valence-electron chi connectivity index (χ2n) is 2.83. The highest BCUT2D eigenvalue weighted by Crippen LogP contribution is 2.22. The first-order valence-corrected chi connectivity index (χ1v) is 4.21. The molecular weight excluding hydrogens is 208 g/mol. The minimum absolute atomic E-state index is 0.0944. The van der Waals surface area contributed by atoms with E-state index in [-0.39, 0.29) is 5.56 Å². The van der Waals surface area contributed by atoms with Gasteiger partial charge < -0.3 is 15.3 Å². The summed E-state index contributed by atoms with van der Waals surface area (Å²) in [5.41, 5.74) is -2.16. The van der Waals surface area contributed by atoms with Gasteiger partial charge in [0.1, 0.15) is 0 Å². The van der Waals surface area contributed by atoms with Gasteiger partial charge in [0, 0.05) is 5.02 Å². The van der Waals surface area contributed by atoms with Gasteiger partial charge in [0.2, 0.25) is 5.60 Å². The summed E-state index contributed by atoms with van der Waals surface area (Å²) in [5, 5.41) is 27.5. The van der Waals surface area contributed by atoms with Crippen LogP contribution in [0.3, 0.4) is 0 Å². The fourth-order valence-electron chi connectivity index (χ4n) is 1.01. The summed E-state index contributed by atoms with van der Waals surface area (Å²) in [7, 11) is 0. The Morgan fingerprint density at radius 3 is 2.21 bits per heavy atom. The highest BCUT2D eigenvalue weighted by atomic mass is 35.5. The maximum absolute atomic E-state index is 10.7. The van der Waals surface area contributed by atoms with Crippen LogP contribution in [0.25, 0.3) is 0 Å². The minimum Gasteiger partial charge on any atom is -0.479 e. The Balaban J connectivity index is 3.13. The van der Waals surface area contributed by atoms with Crippen LogP contribution in [0.5, 0.6) is 0 Å². The lowest BCUT2D eigenvalue weighted by atomic mass is 9.95. The first kappa shape index (κ1) is 11.0. The number of carboxylic acids is 1. The number of aliphatic hydroxyl groups excluding tert-OH is 1. The maximum atomic E-state index is 10.7. The van der Waals surface area contributed by atoms with Gasteiger partial charge in [-0.1, -0.05) is 23.7 Å². The maximum Gasteiger partial charge on any atom is 0.342 e. The molecule has 14 heavy (non-hydrogen) atoms. The number of carboxylic acid groups (broad SMARTS) is 1. The standard InChI is InChI=1S/C9H9ClO4/c10-7-3-1-6(2-4-7)9(14,5-11)8(12)13/h1-4,11,14H,5H2,(H,12,13). The lowest BCUT2D eigenvalue weighted by molar-refractivity contribution is -0.164. The number of carbonyl (C=O) groups is 1. The normalized spacial score (nSPS) is 14.8. The molecule has 0 aliphatic rings. The Morgan fingerprint density at radius 2 is 1.86 bits per heavy atom. The summed E-state index contributed by atoms with van der Waals surface area (Å²) in [6.07, 6.45) is 0. The van der Waals surface area contributed by atoms with Crippen molar-refractivity contribution in [2.24, 2.45) is 0 Å². The Hall–Kier alpha value is -1.10. The van der Waals surface area contributed by atoms with Gasteiger partial charge in [0.05, 0.1) is 6.61 Å². The van der Waals surface area contributed by atoms with Gasteiger partial charge in [-0.25, -0.2) is 4.79 Å². The molecule has 1 unspecified atom stereocenters. The molecule has 0 amide bonds. The largest absolute Gasteiger partial charge is 0.479 e. The summed E-state index contributed by atoms with van der Waals surface area (Å²) < 4.78 is 0. The highest BCUT2D eigenvalue weighted by molar-refractivity contribution is 6.30. The monoisotopic (exact) mass is 216 g/mol. The fraction of sp³-hybridized carbons (Fsp3) is 0.222. The van der Waals surface area contributed by atoms with Gasteiger partial charge in [-0.3, -0.25) is 0 Å². The summed E-state index contributed by atoms with van der Waals surface area (Å²) in [6.45, 7) is -0.885. The quantitative estimate of drug-likeness (QED) is 0.692. The predicted molar refractivity (Wildman–Crippen MR) is 50.1 cm³/mol. The zero-order valence-corrected chi connectivity index (χ0v) is 7.90. The van der Waals surface area contributed by atoms with E-state index in [1.165, 1.54) is 24.3 Å². The second-order valence-corrected chi connectivity index (χ2v) is 3.27. The van der Waals surface area contributed by atoms with E-state index >= 15 is 0 Å².